The molecule has 1 amide bonds. The molecule has 0 aliphatic heterocycles. The van der Waals surface area contributed by atoms with Gasteiger partial charge in [-0.25, -0.2) is 0 Å². The van der Waals surface area contributed by atoms with Gasteiger partial charge in [-0.3, -0.25) is 4.79 Å². The first-order chi connectivity index (χ1) is 14.4. The van der Waals surface area contributed by atoms with Crippen LogP contribution in [0.1, 0.15) is 12.0 Å². The summed E-state index contributed by atoms with van der Waals surface area (Å²) in [7, 11) is 9.80. The first-order valence-electron chi connectivity index (χ1n) is 9.45. The molecule has 0 aliphatic rings. The minimum absolute atomic E-state index is 0.113. The maximum atomic E-state index is 12.4. The minimum atomic E-state index is -0.113. The van der Waals surface area contributed by atoms with Crippen molar-refractivity contribution in [1.29, 1.82) is 0 Å². The molecule has 0 aliphatic carbocycles. The Kier molecular flexibility index (Phi) is 8.61. The van der Waals surface area contributed by atoms with E-state index in [1.807, 2.05) is 25.2 Å². The van der Waals surface area contributed by atoms with E-state index in [4.69, 9.17) is 23.7 Å². The van der Waals surface area contributed by atoms with Crippen LogP contribution in [0.15, 0.2) is 30.3 Å². The van der Waals surface area contributed by atoms with Crippen LogP contribution in [0, 0.1) is 0 Å². The Morgan fingerprint density at radius 1 is 0.867 bits per heavy atom. The summed E-state index contributed by atoms with van der Waals surface area (Å²) >= 11 is 0. The van der Waals surface area contributed by atoms with E-state index in [0.717, 1.165) is 17.1 Å². The van der Waals surface area contributed by atoms with Crippen molar-refractivity contribution in [2.75, 3.05) is 54.5 Å². The van der Waals surface area contributed by atoms with Crippen LogP contribution >= 0.6 is 0 Å². The number of anilines is 1. The molecule has 0 fully saturated rings. The first-order valence-corrected chi connectivity index (χ1v) is 9.45. The Labute approximate surface area is 177 Å². The summed E-state index contributed by atoms with van der Waals surface area (Å²) in [5.41, 5.74) is 1.60. The Morgan fingerprint density at radius 3 is 2.03 bits per heavy atom. The average molecular weight is 418 g/mol. The lowest BCUT2D eigenvalue weighted by Crippen LogP contribution is -2.24. The van der Waals surface area contributed by atoms with Crippen LogP contribution < -0.4 is 29.0 Å². The molecule has 0 spiro atoms. The Morgan fingerprint density at radius 2 is 1.50 bits per heavy atom. The molecular formula is C22H30N2O6. The van der Waals surface area contributed by atoms with Crippen LogP contribution in [0.25, 0.3) is 0 Å². The van der Waals surface area contributed by atoms with E-state index in [1.165, 1.54) is 21.3 Å². The fourth-order valence-corrected chi connectivity index (χ4v) is 3.02. The number of ether oxygens (including phenoxy) is 5. The molecule has 0 saturated heterocycles. The molecule has 2 rings (SSSR count). The largest absolute Gasteiger partial charge is 0.497 e. The second-order valence-corrected chi connectivity index (χ2v) is 6.63. The Balaban J connectivity index is 1.96. The summed E-state index contributed by atoms with van der Waals surface area (Å²) in [5, 5.41) is 2.88. The van der Waals surface area contributed by atoms with E-state index in [0.29, 0.717) is 42.4 Å². The maximum Gasteiger partial charge on any atom is 0.225 e. The van der Waals surface area contributed by atoms with Crippen molar-refractivity contribution >= 4 is 11.6 Å². The van der Waals surface area contributed by atoms with Crippen LogP contribution in [0.4, 0.5) is 5.69 Å². The molecule has 8 heteroatoms. The smallest absolute Gasteiger partial charge is 0.225 e. The van der Waals surface area contributed by atoms with E-state index >= 15 is 0 Å². The van der Waals surface area contributed by atoms with Crippen molar-refractivity contribution in [1.82, 2.24) is 4.90 Å². The Bertz CT molecular complexity index is 831. The van der Waals surface area contributed by atoms with Gasteiger partial charge in [0.25, 0.3) is 0 Å². The van der Waals surface area contributed by atoms with Gasteiger partial charge in [-0.2, -0.15) is 0 Å². The molecule has 164 valence electrons. The molecule has 2 aromatic rings. The van der Waals surface area contributed by atoms with Crippen LogP contribution in [-0.4, -0.2) is 59.9 Å². The normalized spacial score (nSPS) is 10.5. The summed E-state index contributed by atoms with van der Waals surface area (Å²) in [6.07, 6.45) is 0.325. The van der Waals surface area contributed by atoms with Gasteiger partial charge < -0.3 is 33.9 Å². The average Bonchev–Trinajstić information content (AvgIpc) is 2.77. The number of hydrogen-bond donors (Lipinski definition) is 1. The topological polar surface area (TPSA) is 78.5 Å². The summed E-state index contributed by atoms with van der Waals surface area (Å²) in [6.45, 7) is 1.22. The number of hydrogen-bond acceptors (Lipinski definition) is 7. The zero-order valence-corrected chi connectivity index (χ0v) is 18.4. The maximum absolute atomic E-state index is 12.4. The van der Waals surface area contributed by atoms with Gasteiger partial charge in [0.05, 0.1) is 35.5 Å². The van der Waals surface area contributed by atoms with Gasteiger partial charge in [-0.05, 0) is 13.1 Å². The lowest BCUT2D eigenvalue weighted by atomic mass is 10.1. The fraction of sp³-hybridized carbons (Fsp3) is 0.409. The van der Waals surface area contributed by atoms with Crippen LogP contribution in [0.5, 0.6) is 28.7 Å². The number of nitrogens with one attached hydrogen (secondary N) is 1. The van der Waals surface area contributed by atoms with Crippen LogP contribution in [0.3, 0.4) is 0 Å². The summed E-state index contributed by atoms with van der Waals surface area (Å²) < 4.78 is 26.6. The van der Waals surface area contributed by atoms with Crippen molar-refractivity contribution in [3.8, 4) is 28.7 Å². The number of nitrogens with zero attached hydrogens (tertiary/aromatic N) is 1. The third-order valence-electron chi connectivity index (χ3n) is 4.60. The molecule has 0 heterocycles. The molecule has 0 unspecified atom stereocenters. The Hall–Kier alpha value is -3.13. The minimum Gasteiger partial charge on any atom is -0.497 e. The first kappa shape index (κ1) is 23.2. The van der Waals surface area contributed by atoms with Crippen molar-refractivity contribution < 1.29 is 28.5 Å². The monoisotopic (exact) mass is 418 g/mol. The van der Waals surface area contributed by atoms with Crippen molar-refractivity contribution in [3.63, 3.8) is 0 Å². The molecular weight excluding hydrogens is 388 g/mol. The molecule has 1 N–H and O–H groups in total. The van der Waals surface area contributed by atoms with Gasteiger partial charge in [0.15, 0.2) is 11.5 Å². The molecule has 30 heavy (non-hydrogen) atoms. The number of benzene rings is 2. The number of carbonyl (C=O) groups excluding carboxylic acids is 1. The summed E-state index contributed by atoms with van der Waals surface area (Å²) in [4.78, 5) is 14.5. The SMILES string of the molecule is COc1ccc(CN(C)CCC(=O)Nc2cc(OC)c(OC)c(OC)c2)c(OC)c1. The molecule has 0 saturated carbocycles. The zero-order valence-electron chi connectivity index (χ0n) is 18.4. The van der Waals surface area contributed by atoms with Gasteiger partial charge in [0, 0.05) is 49.0 Å². The van der Waals surface area contributed by atoms with Gasteiger partial charge in [0.2, 0.25) is 11.7 Å². The molecule has 0 bridgehead atoms. The lowest BCUT2D eigenvalue weighted by Gasteiger charge is -2.19. The highest BCUT2D eigenvalue weighted by molar-refractivity contribution is 5.91. The number of carbonyl (C=O) groups is 1. The van der Waals surface area contributed by atoms with E-state index in [9.17, 15) is 4.79 Å². The van der Waals surface area contributed by atoms with Crippen molar-refractivity contribution in [2.45, 2.75) is 13.0 Å². The van der Waals surface area contributed by atoms with Crippen LogP contribution in [-0.2, 0) is 11.3 Å². The highest BCUT2D eigenvalue weighted by Crippen LogP contribution is 2.39. The standard InChI is InChI=1S/C22H30N2O6/c1-24(14-15-7-8-17(26-2)13-18(15)27-3)10-9-21(25)23-16-11-19(28-4)22(30-6)20(12-16)29-5/h7-8,11-13H,9-10,14H2,1-6H3,(H,23,25). The number of amides is 1. The second-order valence-electron chi connectivity index (χ2n) is 6.63. The van der Waals surface area contributed by atoms with Crippen molar-refractivity contribution in [2.24, 2.45) is 0 Å². The van der Waals surface area contributed by atoms with Gasteiger partial charge >= 0.3 is 0 Å². The highest BCUT2D eigenvalue weighted by atomic mass is 16.5. The molecule has 0 radical (unpaired) electrons. The predicted octanol–water partition coefficient (Wildman–Crippen LogP) is 3.19. The fourth-order valence-electron chi connectivity index (χ4n) is 3.02. The number of rotatable bonds is 11. The van der Waals surface area contributed by atoms with Gasteiger partial charge in [-0.15, -0.1) is 0 Å². The third-order valence-corrected chi connectivity index (χ3v) is 4.60. The summed E-state index contributed by atoms with van der Waals surface area (Å²) in [6, 6.07) is 9.10. The molecule has 8 nitrogen and oxygen atoms in total. The number of methoxy groups -OCH3 is 5. The van der Waals surface area contributed by atoms with Gasteiger partial charge in [-0.1, -0.05) is 6.07 Å². The molecule has 0 atom stereocenters. The van der Waals surface area contributed by atoms with E-state index in [1.54, 1.807) is 26.4 Å². The van der Waals surface area contributed by atoms with Crippen LogP contribution in [0.2, 0.25) is 0 Å². The van der Waals surface area contributed by atoms with Gasteiger partial charge in [0.1, 0.15) is 11.5 Å². The predicted molar refractivity (Wildman–Crippen MR) is 115 cm³/mol. The third kappa shape index (κ3) is 5.93. The van der Waals surface area contributed by atoms with E-state index < -0.39 is 0 Å². The van der Waals surface area contributed by atoms with E-state index in [-0.39, 0.29) is 5.91 Å². The quantitative estimate of drug-likeness (QED) is 0.600. The lowest BCUT2D eigenvalue weighted by molar-refractivity contribution is -0.116. The van der Waals surface area contributed by atoms with Crippen molar-refractivity contribution in [3.05, 3.63) is 35.9 Å². The molecule has 0 aromatic heterocycles. The molecule has 2 aromatic carbocycles. The summed E-state index contributed by atoms with van der Waals surface area (Å²) in [5.74, 6) is 2.82. The zero-order chi connectivity index (χ0) is 22.1. The second kappa shape index (κ2) is 11.2. The highest BCUT2D eigenvalue weighted by Gasteiger charge is 2.15. The van der Waals surface area contributed by atoms with E-state index in [2.05, 4.69) is 10.2 Å².